The number of aromatic nitrogens is 1. The van der Waals surface area contributed by atoms with E-state index in [0.717, 1.165) is 5.56 Å². The summed E-state index contributed by atoms with van der Waals surface area (Å²) in [6.45, 7) is 6.85. The summed E-state index contributed by atoms with van der Waals surface area (Å²) >= 11 is 0. The minimum Gasteiger partial charge on any atom is -0.384 e. The SMILES string of the molecule is CC(C)(C)c1ccc(CN(Cc2cccc(N)n2)S(=O)(=O)c2ccccc2)cc1. The van der Waals surface area contributed by atoms with Crippen LogP contribution in [0.3, 0.4) is 0 Å². The average molecular weight is 410 g/mol. The van der Waals surface area contributed by atoms with Crippen LogP contribution in [0.2, 0.25) is 0 Å². The number of nitrogen functional groups attached to an aromatic ring is 1. The summed E-state index contributed by atoms with van der Waals surface area (Å²) in [7, 11) is -3.70. The molecule has 29 heavy (non-hydrogen) atoms. The molecule has 3 rings (SSSR count). The van der Waals surface area contributed by atoms with Gasteiger partial charge in [-0.25, -0.2) is 13.4 Å². The molecule has 0 amide bonds. The Morgan fingerprint density at radius 3 is 2.10 bits per heavy atom. The maximum absolute atomic E-state index is 13.3. The van der Waals surface area contributed by atoms with E-state index in [1.54, 1.807) is 48.5 Å². The topological polar surface area (TPSA) is 76.3 Å². The van der Waals surface area contributed by atoms with Gasteiger partial charge in [-0.1, -0.05) is 69.3 Å². The summed E-state index contributed by atoms with van der Waals surface area (Å²) < 4.78 is 28.1. The van der Waals surface area contributed by atoms with Gasteiger partial charge in [0.15, 0.2) is 0 Å². The normalized spacial score (nSPS) is 12.3. The molecule has 0 radical (unpaired) electrons. The van der Waals surface area contributed by atoms with Crippen molar-refractivity contribution in [2.45, 2.75) is 44.2 Å². The lowest BCUT2D eigenvalue weighted by Gasteiger charge is -2.23. The van der Waals surface area contributed by atoms with Crippen molar-refractivity contribution in [1.29, 1.82) is 0 Å². The minimum absolute atomic E-state index is 0.0415. The molecule has 0 fully saturated rings. The van der Waals surface area contributed by atoms with Gasteiger partial charge in [0, 0.05) is 6.54 Å². The van der Waals surface area contributed by atoms with Crippen molar-refractivity contribution >= 4 is 15.8 Å². The van der Waals surface area contributed by atoms with E-state index in [9.17, 15) is 8.42 Å². The van der Waals surface area contributed by atoms with Crippen molar-refractivity contribution in [3.8, 4) is 0 Å². The molecule has 1 heterocycles. The molecule has 3 aromatic rings. The number of nitrogens with two attached hydrogens (primary N) is 1. The van der Waals surface area contributed by atoms with Crippen molar-refractivity contribution < 1.29 is 8.42 Å². The third-order valence-electron chi connectivity index (χ3n) is 4.73. The van der Waals surface area contributed by atoms with Gasteiger partial charge < -0.3 is 5.73 Å². The number of rotatable bonds is 6. The van der Waals surface area contributed by atoms with E-state index in [-0.39, 0.29) is 23.4 Å². The Labute approximate surface area is 173 Å². The highest BCUT2D eigenvalue weighted by molar-refractivity contribution is 7.89. The van der Waals surface area contributed by atoms with Crippen molar-refractivity contribution in [2.24, 2.45) is 0 Å². The van der Waals surface area contributed by atoms with Gasteiger partial charge in [0.25, 0.3) is 0 Å². The molecular weight excluding hydrogens is 382 g/mol. The highest BCUT2D eigenvalue weighted by Crippen LogP contribution is 2.24. The number of hydrogen-bond donors (Lipinski definition) is 1. The summed E-state index contributed by atoms with van der Waals surface area (Å²) in [5.74, 6) is 0.370. The van der Waals surface area contributed by atoms with Crippen molar-refractivity contribution in [1.82, 2.24) is 9.29 Å². The summed E-state index contributed by atoms with van der Waals surface area (Å²) in [5, 5.41) is 0. The smallest absolute Gasteiger partial charge is 0.243 e. The molecule has 2 N–H and O–H groups in total. The van der Waals surface area contributed by atoms with E-state index < -0.39 is 10.0 Å². The monoisotopic (exact) mass is 409 g/mol. The molecule has 0 saturated heterocycles. The zero-order chi connectivity index (χ0) is 21.1. The summed E-state index contributed by atoms with van der Waals surface area (Å²) in [6.07, 6.45) is 0. The molecule has 0 aliphatic rings. The molecular formula is C23H27N3O2S. The highest BCUT2D eigenvalue weighted by atomic mass is 32.2. The van der Waals surface area contributed by atoms with Crippen LogP contribution in [0, 0.1) is 0 Å². The summed E-state index contributed by atoms with van der Waals surface area (Å²) in [4.78, 5) is 4.54. The van der Waals surface area contributed by atoms with Gasteiger partial charge in [-0.3, -0.25) is 0 Å². The lowest BCUT2D eigenvalue weighted by atomic mass is 9.87. The average Bonchev–Trinajstić information content (AvgIpc) is 2.68. The lowest BCUT2D eigenvalue weighted by Crippen LogP contribution is -2.30. The number of nitrogens with zero attached hydrogens (tertiary/aromatic N) is 2. The van der Waals surface area contributed by atoms with Gasteiger partial charge in [-0.15, -0.1) is 0 Å². The second kappa shape index (κ2) is 8.35. The third kappa shape index (κ3) is 5.22. The molecule has 6 heteroatoms. The first kappa shape index (κ1) is 21.0. The fourth-order valence-corrected chi connectivity index (χ4v) is 4.47. The molecule has 5 nitrogen and oxygen atoms in total. The van der Waals surface area contributed by atoms with Gasteiger partial charge in [0.2, 0.25) is 10.0 Å². The first-order valence-corrected chi connectivity index (χ1v) is 11.0. The molecule has 0 aliphatic carbocycles. The summed E-state index contributed by atoms with van der Waals surface area (Å²) in [5.41, 5.74) is 8.56. The van der Waals surface area contributed by atoms with Gasteiger partial charge in [-0.2, -0.15) is 4.31 Å². The van der Waals surface area contributed by atoms with Crippen molar-refractivity contribution in [2.75, 3.05) is 5.73 Å². The number of hydrogen-bond acceptors (Lipinski definition) is 4. The first-order valence-electron chi connectivity index (χ1n) is 9.52. The predicted molar refractivity (Wildman–Crippen MR) is 117 cm³/mol. The Hall–Kier alpha value is -2.70. The Morgan fingerprint density at radius 1 is 0.862 bits per heavy atom. The number of benzene rings is 2. The second-order valence-corrected chi connectivity index (χ2v) is 10.0. The Bertz CT molecular complexity index is 1060. The Kier molecular flexibility index (Phi) is 6.05. The number of sulfonamides is 1. The third-order valence-corrected chi connectivity index (χ3v) is 6.53. The van der Waals surface area contributed by atoms with E-state index in [4.69, 9.17) is 5.73 Å². The van der Waals surface area contributed by atoms with E-state index in [1.807, 2.05) is 12.1 Å². The maximum Gasteiger partial charge on any atom is 0.243 e. The van der Waals surface area contributed by atoms with Gasteiger partial charge >= 0.3 is 0 Å². The van der Waals surface area contributed by atoms with Crippen molar-refractivity contribution in [3.63, 3.8) is 0 Å². The molecule has 0 aliphatic heterocycles. The van der Waals surface area contributed by atoms with E-state index >= 15 is 0 Å². The molecule has 2 aromatic carbocycles. The van der Waals surface area contributed by atoms with E-state index in [0.29, 0.717) is 11.5 Å². The zero-order valence-electron chi connectivity index (χ0n) is 17.0. The van der Waals surface area contributed by atoms with Gasteiger partial charge in [0.1, 0.15) is 5.82 Å². The van der Waals surface area contributed by atoms with E-state index in [2.05, 4.69) is 37.9 Å². The second-order valence-electron chi connectivity index (χ2n) is 8.09. The van der Waals surface area contributed by atoms with Crippen LogP contribution in [0.25, 0.3) is 0 Å². The zero-order valence-corrected chi connectivity index (χ0v) is 17.9. The van der Waals surface area contributed by atoms with Crippen molar-refractivity contribution in [3.05, 3.63) is 89.6 Å². The van der Waals surface area contributed by atoms with E-state index in [1.165, 1.54) is 9.87 Å². The minimum atomic E-state index is -3.70. The van der Waals surface area contributed by atoms with Crippen LogP contribution in [0.4, 0.5) is 5.82 Å². The number of pyridine rings is 1. The molecule has 0 saturated carbocycles. The Balaban J connectivity index is 1.94. The molecule has 152 valence electrons. The molecule has 0 unspecified atom stereocenters. The van der Waals surface area contributed by atoms with Crippen LogP contribution >= 0.6 is 0 Å². The van der Waals surface area contributed by atoms with Gasteiger partial charge in [-0.05, 0) is 40.8 Å². The predicted octanol–water partition coefficient (Wildman–Crippen LogP) is 4.35. The molecule has 0 spiro atoms. The largest absolute Gasteiger partial charge is 0.384 e. The maximum atomic E-state index is 13.3. The van der Waals surface area contributed by atoms with Crippen LogP contribution in [0.5, 0.6) is 0 Å². The lowest BCUT2D eigenvalue weighted by molar-refractivity contribution is 0.397. The number of anilines is 1. The fourth-order valence-electron chi connectivity index (χ4n) is 3.05. The van der Waals surface area contributed by atoms with Crippen LogP contribution < -0.4 is 5.73 Å². The molecule has 0 bridgehead atoms. The van der Waals surface area contributed by atoms with Crippen LogP contribution in [0.15, 0.2) is 77.7 Å². The molecule has 0 atom stereocenters. The van der Waals surface area contributed by atoms with Gasteiger partial charge in [0.05, 0.1) is 17.1 Å². The highest BCUT2D eigenvalue weighted by Gasteiger charge is 2.25. The molecule has 1 aromatic heterocycles. The quantitative estimate of drug-likeness (QED) is 0.656. The Morgan fingerprint density at radius 2 is 1.52 bits per heavy atom. The van der Waals surface area contributed by atoms with Crippen LogP contribution in [-0.2, 0) is 28.5 Å². The van der Waals surface area contributed by atoms with Crippen LogP contribution in [0.1, 0.15) is 37.6 Å². The first-order chi connectivity index (χ1) is 13.7. The standard InChI is InChI=1S/C23H27N3O2S/c1-23(2,3)19-14-12-18(13-15-19)16-26(17-20-8-7-11-22(24)25-20)29(27,28)21-9-5-4-6-10-21/h4-15H,16-17H2,1-3H3,(H2,24,25). The summed E-state index contributed by atoms with van der Waals surface area (Å²) in [6, 6.07) is 21.8. The fraction of sp³-hybridized carbons (Fsp3) is 0.261. The van der Waals surface area contributed by atoms with Crippen LogP contribution in [-0.4, -0.2) is 17.7 Å².